The highest BCUT2D eigenvalue weighted by Gasteiger charge is 2.28. The zero-order valence-corrected chi connectivity index (χ0v) is 16.0. The van der Waals surface area contributed by atoms with Crippen molar-refractivity contribution in [1.82, 2.24) is 0 Å². The first-order valence-electron chi connectivity index (χ1n) is 9.38. The number of esters is 1. The number of carbonyl (C=O) groups is 3. The van der Waals surface area contributed by atoms with Gasteiger partial charge in [-0.25, -0.2) is 4.79 Å². The third kappa shape index (κ3) is 4.22. The van der Waals surface area contributed by atoms with Gasteiger partial charge in [0.25, 0.3) is 0 Å². The lowest BCUT2D eigenvalue weighted by Gasteiger charge is -2.20. The summed E-state index contributed by atoms with van der Waals surface area (Å²) in [6, 6.07) is 13.5. The molecule has 0 aliphatic carbocycles. The lowest BCUT2D eigenvalue weighted by molar-refractivity contribution is -0.117. The summed E-state index contributed by atoms with van der Waals surface area (Å²) in [6.45, 7) is 4.54. The summed E-state index contributed by atoms with van der Waals surface area (Å²) in [5, 5.41) is 0. The molecular formula is C22H23NO5. The van der Waals surface area contributed by atoms with Crippen LogP contribution in [0.4, 0.5) is 5.69 Å². The Hall–Kier alpha value is -3.15. The maximum absolute atomic E-state index is 12.7. The topological polar surface area (TPSA) is 72.9 Å². The second-order valence-corrected chi connectivity index (χ2v) is 6.54. The molecule has 0 bridgehead atoms. The highest BCUT2D eigenvalue weighted by atomic mass is 16.5. The summed E-state index contributed by atoms with van der Waals surface area (Å²) >= 11 is 0. The van der Waals surface area contributed by atoms with Crippen LogP contribution < -0.4 is 9.64 Å². The van der Waals surface area contributed by atoms with E-state index in [1.165, 1.54) is 0 Å². The summed E-state index contributed by atoms with van der Waals surface area (Å²) in [6.07, 6.45) is 0.276. The quantitative estimate of drug-likeness (QED) is 0.541. The van der Waals surface area contributed by atoms with Gasteiger partial charge in [0, 0.05) is 18.5 Å². The summed E-state index contributed by atoms with van der Waals surface area (Å²) in [4.78, 5) is 38.9. The maximum atomic E-state index is 12.7. The fourth-order valence-corrected chi connectivity index (χ4v) is 3.18. The Morgan fingerprint density at radius 2 is 1.82 bits per heavy atom. The van der Waals surface area contributed by atoms with Crippen molar-refractivity contribution in [3.05, 3.63) is 59.7 Å². The molecule has 0 N–H and O–H groups in total. The number of ether oxygens (including phenoxy) is 2. The normalized spacial score (nSPS) is 14.6. The minimum absolute atomic E-state index is 0.0150. The van der Waals surface area contributed by atoms with Crippen LogP contribution in [-0.4, -0.2) is 36.9 Å². The number of benzene rings is 2. The van der Waals surface area contributed by atoms with Crippen molar-refractivity contribution < 1.29 is 23.9 Å². The molecule has 1 amide bonds. The number of rotatable bonds is 7. The van der Waals surface area contributed by atoms with E-state index in [1.807, 2.05) is 6.92 Å². The largest absolute Gasteiger partial charge is 0.494 e. The van der Waals surface area contributed by atoms with Crippen LogP contribution in [0.2, 0.25) is 0 Å². The van der Waals surface area contributed by atoms with Gasteiger partial charge in [0.15, 0.2) is 6.10 Å². The smallest absolute Gasteiger partial charge is 0.340 e. The van der Waals surface area contributed by atoms with Crippen molar-refractivity contribution in [2.45, 2.75) is 32.8 Å². The molecule has 0 radical (unpaired) electrons. The first-order valence-corrected chi connectivity index (χ1v) is 9.38. The number of amides is 1. The van der Waals surface area contributed by atoms with Gasteiger partial charge in [-0.15, -0.1) is 0 Å². The molecule has 1 heterocycles. The average Bonchev–Trinajstić information content (AvgIpc) is 3.14. The Labute approximate surface area is 164 Å². The van der Waals surface area contributed by atoms with Crippen molar-refractivity contribution in [1.29, 1.82) is 0 Å². The molecule has 1 aliphatic rings. The van der Waals surface area contributed by atoms with Crippen LogP contribution in [0.3, 0.4) is 0 Å². The van der Waals surface area contributed by atoms with Crippen molar-refractivity contribution >= 4 is 23.3 Å². The van der Waals surface area contributed by atoms with E-state index in [0.29, 0.717) is 36.6 Å². The highest BCUT2D eigenvalue weighted by molar-refractivity contribution is 6.05. The minimum Gasteiger partial charge on any atom is -0.494 e. The molecule has 0 spiro atoms. The van der Waals surface area contributed by atoms with Crippen molar-refractivity contribution in [3.8, 4) is 5.75 Å². The van der Waals surface area contributed by atoms with Crippen LogP contribution in [0, 0.1) is 0 Å². The van der Waals surface area contributed by atoms with Gasteiger partial charge >= 0.3 is 5.97 Å². The van der Waals surface area contributed by atoms with Gasteiger partial charge in [0.05, 0.1) is 17.9 Å². The summed E-state index contributed by atoms with van der Waals surface area (Å²) in [7, 11) is 0. The number of carbonyl (C=O) groups excluding carboxylic acids is 3. The zero-order chi connectivity index (χ0) is 20.1. The number of hydrogen-bond acceptors (Lipinski definition) is 5. The predicted octanol–water partition coefficient (Wildman–Crippen LogP) is 3.64. The lowest BCUT2D eigenvalue weighted by Crippen LogP contribution is -2.28. The second kappa shape index (κ2) is 8.69. The Kier molecular flexibility index (Phi) is 6.09. The van der Waals surface area contributed by atoms with Crippen LogP contribution in [0.25, 0.3) is 0 Å². The molecule has 2 aromatic carbocycles. The van der Waals surface area contributed by atoms with E-state index in [-0.39, 0.29) is 17.3 Å². The van der Waals surface area contributed by atoms with Crippen molar-refractivity contribution in [3.63, 3.8) is 0 Å². The number of hydrogen-bond donors (Lipinski definition) is 0. The molecule has 2 aromatic rings. The van der Waals surface area contributed by atoms with E-state index in [0.717, 1.165) is 6.42 Å². The van der Waals surface area contributed by atoms with Crippen molar-refractivity contribution in [2.75, 3.05) is 18.1 Å². The zero-order valence-electron chi connectivity index (χ0n) is 16.0. The molecule has 1 aliphatic heterocycles. The average molecular weight is 381 g/mol. The van der Waals surface area contributed by atoms with Gasteiger partial charge in [-0.3, -0.25) is 9.59 Å². The van der Waals surface area contributed by atoms with Gasteiger partial charge < -0.3 is 14.4 Å². The summed E-state index contributed by atoms with van der Waals surface area (Å²) in [5.74, 6) is -0.264. The standard InChI is InChI=1S/C22H23NO5/c1-3-27-17-12-10-16(11-13-17)21(25)15(2)28-22(26)18-7-4-5-8-19(18)23-14-6-9-20(23)24/h4-5,7-8,10-13,15H,3,6,9,14H2,1-2H3/t15-/m0/s1. The first kappa shape index (κ1) is 19.6. The Balaban J connectivity index is 1.72. The maximum Gasteiger partial charge on any atom is 0.340 e. The van der Waals surface area contributed by atoms with Crippen LogP contribution in [-0.2, 0) is 9.53 Å². The Morgan fingerprint density at radius 3 is 2.46 bits per heavy atom. The highest BCUT2D eigenvalue weighted by Crippen LogP contribution is 2.26. The van der Waals surface area contributed by atoms with Gasteiger partial charge in [-0.05, 0) is 56.7 Å². The number of Topliss-reactive ketones (excluding diaryl/α,β-unsaturated/α-hetero) is 1. The second-order valence-electron chi connectivity index (χ2n) is 6.54. The molecule has 1 atom stereocenters. The summed E-state index contributed by atoms with van der Waals surface area (Å²) < 4.78 is 10.8. The monoisotopic (exact) mass is 381 g/mol. The van der Waals surface area contributed by atoms with Gasteiger partial charge in [-0.1, -0.05) is 12.1 Å². The molecule has 0 aromatic heterocycles. The van der Waals surface area contributed by atoms with E-state index >= 15 is 0 Å². The Morgan fingerprint density at radius 1 is 1.11 bits per heavy atom. The number of para-hydroxylation sites is 1. The summed E-state index contributed by atoms with van der Waals surface area (Å²) in [5.41, 5.74) is 1.24. The van der Waals surface area contributed by atoms with E-state index in [9.17, 15) is 14.4 Å². The fourth-order valence-electron chi connectivity index (χ4n) is 3.18. The van der Waals surface area contributed by atoms with Crippen LogP contribution in [0.15, 0.2) is 48.5 Å². The third-order valence-corrected chi connectivity index (χ3v) is 4.59. The molecule has 6 heteroatoms. The van der Waals surface area contributed by atoms with E-state index < -0.39 is 12.1 Å². The van der Waals surface area contributed by atoms with Gasteiger partial charge in [0.1, 0.15) is 5.75 Å². The SMILES string of the molecule is CCOc1ccc(C(=O)[C@H](C)OC(=O)c2ccccc2N2CCCC2=O)cc1. The number of ketones is 1. The fraction of sp³-hybridized carbons (Fsp3) is 0.318. The van der Waals surface area contributed by atoms with Crippen LogP contribution in [0.5, 0.6) is 5.75 Å². The Bertz CT molecular complexity index is 875. The minimum atomic E-state index is -0.951. The van der Waals surface area contributed by atoms with Crippen LogP contribution >= 0.6 is 0 Å². The molecule has 6 nitrogen and oxygen atoms in total. The molecule has 0 unspecified atom stereocenters. The molecule has 146 valence electrons. The van der Waals surface area contributed by atoms with E-state index in [1.54, 1.807) is 60.4 Å². The molecule has 28 heavy (non-hydrogen) atoms. The molecule has 3 rings (SSSR count). The lowest BCUT2D eigenvalue weighted by atomic mass is 10.1. The van der Waals surface area contributed by atoms with E-state index in [2.05, 4.69) is 0 Å². The number of nitrogens with zero attached hydrogens (tertiary/aromatic N) is 1. The van der Waals surface area contributed by atoms with Gasteiger partial charge in [0.2, 0.25) is 11.7 Å². The van der Waals surface area contributed by atoms with Crippen LogP contribution in [0.1, 0.15) is 47.4 Å². The first-order chi connectivity index (χ1) is 13.5. The van der Waals surface area contributed by atoms with Crippen molar-refractivity contribution in [2.24, 2.45) is 0 Å². The predicted molar refractivity (Wildman–Crippen MR) is 105 cm³/mol. The molecule has 0 saturated carbocycles. The molecular weight excluding hydrogens is 358 g/mol. The molecule has 1 saturated heterocycles. The third-order valence-electron chi connectivity index (χ3n) is 4.59. The molecule has 1 fully saturated rings. The number of anilines is 1. The van der Waals surface area contributed by atoms with E-state index in [4.69, 9.17) is 9.47 Å². The van der Waals surface area contributed by atoms with Gasteiger partial charge in [-0.2, -0.15) is 0 Å².